The second-order valence-corrected chi connectivity index (χ2v) is 6.45. The van der Waals surface area contributed by atoms with Crippen LogP contribution >= 0.6 is 0 Å². The summed E-state index contributed by atoms with van der Waals surface area (Å²) < 4.78 is 40.0. The minimum Gasteiger partial charge on any atom is -0.495 e. The molecule has 8 heteroatoms. The molecule has 154 valence electrons. The van der Waals surface area contributed by atoms with E-state index in [1.807, 2.05) is 30.3 Å². The van der Waals surface area contributed by atoms with Gasteiger partial charge in [0.05, 0.1) is 19.3 Å². The lowest BCUT2D eigenvalue weighted by Gasteiger charge is -2.12. The molecule has 1 heterocycles. The van der Waals surface area contributed by atoms with Gasteiger partial charge in [0.15, 0.2) is 0 Å². The first kappa shape index (κ1) is 19.5. The van der Waals surface area contributed by atoms with E-state index in [9.17, 15) is 13.6 Å². The molecule has 0 atom stereocenters. The van der Waals surface area contributed by atoms with Gasteiger partial charge in [-0.25, -0.2) is 0 Å². The van der Waals surface area contributed by atoms with E-state index in [1.165, 1.54) is 19.2 Å². The zero-order valence-electron chi connectivity index (χ0n) is 15.9. The van der Waals surface area contributed by atoms with Gasteiger partial charge in [-0.3, -0.25) is 4.79 Å². The number of hydrogen-bond donors (Lipinski definition) is 2. The van der Waals surface area contributed by atoms with E-state index < -0.39 is 6.61 Å². The maximum atomic E-state index is 12.4. The van der Waals surface area contributed by atoms with Crippen molar-refractivity contribution in [1.82, 2.24) is 0 Å². The fraction of sp³-hybridized carbons (Fsp3) is 0.136. The predicted molar refractivity (Wildman–Crippen MR) is 110 cm³/mol. The van der Waals surface area contributed by atoms with Crippen LogP contribution in [0.25, 0.3) is 21.9 Å². The SMILES string of the molecule is COc1cc2c(cc1NC(=O)CNc1ccc(OC(F)F)cc1)oc1ccccc12. The third-order valence-electron chi connectivity index (χ3n) is 4.51. The number of carbonyl (C=O) groups is 1. The molecule has 0 radical (unpaired) electrons. The van der Waals surface area contributed by atoms with Crippen LogP contribution in [0.3, 0.4) is 0 Å². The van der Waals surface area contributed by atoms with Crippen LogP contribution in [-0.2, 0) is 4.79 Å². The molecule has 4 rings (SSSR count). The Morgan fingerprint density at radius 1 is 1.03 bits per heavy atom. The second kappa shape index (κ2) is 8.28. The number of furan rings is 1. The van der Waals surface area contributed by atoms with Gasteiger partial charge in [0.2, 0.25) is 5.91 Å². The number of hydrogen-bond acceptors (Lipinski definition) is 5. The van der Waals surface area contributed by atoms with Crippen LogP contribution in [0.15, 0.2) is 65.1 Å². The van der Waals surface area contributed by atoms with E-state index in [1.54, 1.807) is 18.2 Å². The number of methoxy groups -OCH3 is 1. The third kappa shape index (κ3) is 4.12. The number of para-hydroxylation sites is 1. The van der Waals surface area contributed by atoms with Crippen molar-refractivity contribution < 1.29 is 27.5 Å². The summed E-state index contributed by atoms with van der Waals surface area (Å²) in [7, 11) is 1.53. The topological polar surface area (TPSA) is 72.7 Å². The van der Waals surface area contributed by atoms with Crippen molar-refractivity contribution >= 4 is 39.2 Å². The Bertz CT molecular complexity index is 1190. The smallest absolute Gasteiger partial charge is 0.387 e. The summed E-state index contributed by atoms with van der Waals surface area (Å²) in [6, 6.07) is 17.1. The highest BCUT2D eigenvalue weighted by molar-refractivity contribution is 6.08. The van der Waals surface area contributed by atoms with Gasteiger partial charge in [0.25, 0.3) is 0 Å². The number of fused-ring (bicyclic) bond motifs is 3. The molecule has 0 fully saturated rings. The third-order valence-corrected chi connectivity index (χ3v) is 4.51. The van der Waals surface area contributed by atoms with Crippen LogP contribution in [0.2, 0.25) is 0 Å². The van der Waals surface area contributed by atoms with Crippen LogP contribution in [0, 0.1) is 0 Å². The predicted octanol–water partition coefficient (Wildman–Crippen LogP) is 5.25. The first-order valence-electron chi connectivity index (χ1n) is 9.11. The van der Waals surface area contributed by atoms with Crippen molar-refractivity contribution in [2.75, 3.05) is 24.3 Å². The highest BCUT2D eigenvalue weighted by Gasteiger charge is 2.14. The van der Waals surface area contributed by atoms with E-state index >= 15 is 0 Å². The van der Waals surface area contributed by atoms with E-state index in [2.05, 4.69) is 15.4 Å². The summed E-state index contributed by atoms with van der Waals surface area (Å²) in [6.45, 7) is -2.91. The van der Waals surface area contributed by atoms with Gasteiger partial charge < -0.3 is 24.5 Å². The molecule has 0 saturated heterocycles. The van der Waals surface area contributed by atoms with Gasteiger partial charge >= 0.3 is 6.61 Å². The number of carbonyl (C=O) groups excluding carboxylic acids is 1. The monoisotopic (exact) mass is 412 g/mol. The fourth-order valence-electron chi connectivity index (χ4n) is 3.15. The van der Waals surface area contributed by atoms with Crippen molar-refractivity contribution in [3.8, 4) is 11.5 Å². The van der Waals surface area contributed by atoms with Crippen molar-refractivity contribution in [3.05, 3.63) is 60.7 Å². The van der Waals surface area contributed by atoms with Crippen LogP contribution in [0.1, 0.15) is 0 Å². The maximum Gasteiger partial charge on any atom is 0.387 e. The number of halogens is 2. The van der Waals surface area contributed by atoms with Gasteiger partial charge in [-0.1, -0.05) is 18.2 Å². The molecule has 0 saturated carbocycles. The molecule has 0 aliphatic carbocycles. The largest absolute Gasteiger partial charge is 0.495 e. The van der Waals surface area contributed by atoms with Gasteiger partial charge in [0.1, 0.15) is 22.7 Å². The van der Waals surface area contributed by atoms with Crippen molar-refractivity contribution in [2.45, 2.75) is 6.61 Å². The van der Waals surface area contributed by atoms with Crippen LogP contribution in [0.4, 0.5) is 20.2 Å². The molecule has 30 heavy (non-hydrogen) atoms. The zero-order valence-corrected chi connectivity index (χ0v) is 15.9. The summed E-state index contributed by atoms with van der Waals surface area (Å²) in [5.41, 5.74) is 2.46. The van der Waals surface area contributed by atoms with Crippen LogP contribution in [-0.4, -0.2) is 26.2 Å². The lowest BCUT2D eigenvalue weighted by Crippen LogP contribution is -2.22. The summed E-state index contributed by atoms with van der Waals surface area (Å²) in [4.78, 5) is 12.4. The van der Waals surface area contributed by atoms with E-state index in [-0.39, 0.29) is 18.2 Å². The molecule has 2 N–H and O–H groups in total. The lowest BCUT2D eigenvalue weighted by atomic mass is 10.1. The zero-order chi connectivity index (χ0) is 21.1. The molecule has 0 bridgehead atoms. The Labute approximate surface area is 170 Å². The molecular weight excluding hydrogens is 394 g/mol. The molecule has 0 aliphatic rings. The van der Waals surface area contributed by atoms with Crippen molar-refractivity contribution in [3.63, 3.8) is 0 Å². The minimum absolute atomic E-state index is 0.0314. The van der Waals surface area contributed by atoms with Crippen molar-refractivity contribution in [1.29, 1.82) is 0 Å². The Balaban J connectivity index is 1.46. The van der Waals surface area contributed by atoms with Crippen molar-refractivity contribution in [2.24, 2.45) is 0 Å². The van der Waals surface area contributed by atoms with Gasteiger partial charge in [-0.15, -0.1) is 0 Å². The maximum absolute atomic E-state index is 12.4. The summed E-state index contributed by atoms with van der Waals surface area (Å²) in [5.74, 6) is 0.247. The Hall–Kier alpha value is -3.81. The summed E-state index contributed by atoms with van der Waals surface area (Å²) in [6.07, 6.45) is 0. The highest BCUT2D eigenvalue weighted by Crippen LogP contribution is 2.36. The van der Waals surface area contributed by atoms with Gasteiger partial charge in [-0.2, -0.15) is 8.78 Å². The molecule has 1 aromatic heterocycles. The standard InChI is InChI=1S/C22H18F2N2O4/c1-28-20-10-16-15-4-2-3-5-18(15)30-19(16)11-17(20)26-21(27)12-25-13-6-8-14(9-7-13)29-22(23)24/h2-11,22,25H,12H2,1H3,(H,26,27). The number of ether oxygens (including phenoxy) is 2. The molecule has 3 aromatic carbocycles. The molecule has 0 unspecified atom stereocenters. The number of rotatable bonds is 7. The first-order chi connectivity index (χ1) is 14.5. The first-order valence-corrected chi connectivity index (χ1v) is 9.11. The van der Waals surface area contributed by atoms with E-state index in [0.717, 1.165) is 16.4 Å². The molecule has 4 aromatic rings. The summed E-state index contributed by atoms with van der Waals surface area (Å²) in [5, 5.41) is 7.57. The van der Waals surface area contributed by atoms with Crippen LogP contribution in [0.5, 0.6) is 11.5 Å². The molecular formula is C22H18F2N2O4. The Morgan fingerprint density at radius 2 is 1.80 bits per heavy atom. The Morgan fingerprint density at radius 3 is 2.53 bits per heavy atom. The molecule has 1 amide bonds. The average Bonchev–Trinajstić information content (AvgIpc) is 3.09. The number of alkyl halides is 2. The molecule has 0 aliphatic heterocycles. The fourth-order valence-corrected chi connectivity index (χ4v) is 3.15. The molecule has 6 nitrogen and oxygen atoms in total. The Kier molecular flexibility index (Phi) is 5.38. The minimum atomic E-state index is -2.88. The van der Waals surface area contributed by atoms with Crippen LogP contribution < -0.4 is 20.1 Å². The normalized spacial score (nSPS) is 11.1. The number of anilines is 2. The highest BCUT2D eigenvalue weighted by atomic mass is 19.3. The quantitative estimate of drug-likeness (QED) is 0.434. The van der Waals surface area contributed by atoms with Gasteiger partial charge in [-0.05, 0) is 36.4 Å². The van der Waals surface area contributed by atoms with E-state index in [0.29, 0.717) is 22.7 Å². The number of amides is 1. The second-order valence-electron chi connectivity index (χ2n) is 6.45. The van der Waals surface area contributed by atoms with Gasteiger partial charge in [0, 0.05) is 22.5 Å². The number of nitrogens with one attached hydrogen (secondary N) is 2. The van der Waals surface area contributed by atoms with E-state index in [4.69, 9.17) is 9.15 Å². The molecule has 0 spiro atoms. The average molecular weight is 412 g/mol. The summed E-state index contributed by atoms with van der Waals surface area (Å²) >= 11 is 0. The lowest BCUT2D eigenvalue weighted by molar-refractivity contribution is -0.114. The number of benzene rings is 3.